The van der Waals surface area contributed by atoms with Crippen molar-refractivity contribution in [2.45, 2.75) is 39.7 Å². The zero-order valence-corrected chi connectivity index (χ0v) is 18.0. The van der Waals surface area contributed by atoms with Gasteiger partial charge in [-0.25, -0.2) is 9.37 Å². The maximum absolute atomic E-state index is 13.8. The Morgan fingerprint density at radius 3 is 2.62 bits per heavy atom. The van der Waals surface area contributed by atoms with Gasteiger partial charge in [0.25, 0.3) is 5.89 Å². The van der Waals surface area contributed by atoms with Gasteiger partial charge >= 0.3 is 5.97 Å². The number of carbonyl (C=O) groups is 1. The summed E-state index contributed by atoms with van der Waals surface area (Å²) in [5.41, 5.74) is 3.09. The van der Waals surface area contributed by atoms with Crippen LogP contribution >= 0.6 is 0 Å². The van der Waals surface area contributed by atoms with Crippen molar-refractivity contribution in [3.63, 3.8) is 0 Å². The van der Waals surface area contributed by atoms with Crippen LogP contribution in [0.4, 0.5) is 4.39 Å². The second-order valence-corrected chi connectivity index (χ2v) is 7.54. The molecule has 0 aliphatic rings. The summed E-state index contributed by atoms with van der Waals surface area (Å²) in [6.45, 7) is 5.31. The van der Waals surface area contributed by atoms with Gasteiger partial charge in [-0.05, 0) is 32.4 Å². The highest BCUT2D eigenvalue weighted by molar-refractivity contribution is 5.69. The van der Waals surface area contributed by atoms with Crippen LogP contribution in [0.15, 0.2) is 57.6 Å². The number of oxazole rings is 1. The van der Waals surface area contributed by atoms with E-state index in [4.69, 9.17) is 13.7 Å². The molecule has 0 N–H and O–H groups in total. The molecule has 0 radical (unpaired) electrons. The number of rotatable bonds is 7. The number of hydrogen-bond acceptors (Lipinski definition) is 7. The predicted octanol–water partition coefficient (Wildman–Crippen LogP) is 5.38. The number of esters is 1. The number of carbonyl (C=O) groups excluding carboxylic acids is 1. The lowest BCUT2D eigenvalue weighted by molar-refractivity contribution is -0.149. The van der Waals surface area contributed by atoms with Crippen molar-refractivity contribution in [3.8, 4) is 22.7 Å². The first-order chi connectivity index (χ1) is 15.4. The van der Waals surface area contributed by atoms with E-state index in [0.717, 1.165) is 11.1 Å². The highest BCUT2D eigenvalue weighted by atomic mass is 19.1. The quantitative estimate of drug-likeness (QED) is 0.360. The van der Waals surface area contributed by atoms with E-state index >= 15 is 0 Å². The summed E-state index contributed by atoms with van der Waals surface area (Å²) in [7, 11) is 0. The Hall–Kier alpha value is -3.81. The first-order valence-electron chi connectivity index (χ1n) is 10.2. The number of benzene rings is 2. The third-order valence-corrected chi connectivity index (χ3v) is 4.96. The van der Waals surface area contributed by atoms with Gasteiger partial charge in [-0.15, -0.1) is 0 Å². The fraction of sp³-hybridized carbons (Fsp3) is 0.250. The molecule has 0 bridgehead atoms. The Morgan fingerprint density at radius 1 is 1.12 bits per heavy atom. The molecular formula is C24H22FN3O4. The van der Waals surface area contributed by atoms with E-state index in [1.54, 1.807) is 32.2 Å². The Balaban J connectivity index is 1.32. The number of aryl methyl sites for hydroxylation is 3. The minimum absolute atomic E-state index is 0.0857. The zero-order valence-electron chi connectivity index (χ0n) is 18.0. The molecule has 0 saturated carbocycles. The maximum atomic E-state index is 13.8. The molecule has 0 aliphatic heterocycles. The predicted molar refractivity (Wildman–Crippen MR) is 114 cm³/mol. The van der Waals surface area contributed by atoms with E-state index in [2.05, 4.69) is 15.1 Å². The molecular weight excluding hydrogens is 413 g/mol. The monoisotopic (exact) mass is 435 g/mol. The van der Waals surface area contributed by atoms with Crippen LogP contribution in [-0.2, 0) is 16.0 Å². The highest BCUT2D eigenvalue weighted by Gasteiger charge is 2.20. The SMILES string of the molecule is Cc1ccc(-c2cnc(CCC(=O)OC(C)c3nc(-c4ccc(C)c(F)c4)no3)o2)cc1. The molecule has 7 nitrogen and oxygen atoms in total. The summed E-state index contributed by atoms with van der Waals surface area (Å²) in [6.07, 6.45) is 1.28. The fourth-order valence-electron chi connectivity index (χ4n) is 3.04. The second-order valence-electron chi connectivity index (χ2n) is 7.54. The third-order valence-electron chi connectivity index (χ3n) is 4.96. The molecule has 0 amide bonds. The van der Waals surface area contributed by atoms with Crippen LogP contribution in [-0.4, -0.2) is 21.1 Å². The zero-order chi connectivity index (χ0) is 22.7. The number of ether oxygens (including phenoxy) is 1. The average Bonchev–Trinajstić information content (AvgIpc) is 3.45. The average molecular weight is 435 g/mol. The standard InChI is InChI=1S/C24H22FN3O4/c1-14-4-7-17(8-5-14)20-13-26-21(31-20)10-11-22(29)30-16(3)24-27-23(28-32-24)18-9-6-15(2)19(25)12-18/h4-9,12-13,16H,10-11H2,1-3H3. The van der Waals surface area contributed by atoms with Crippen LogP contribution in [0.5, 0.6) is 0 Å². The van der Waals surface area contributed by atoms with Crippen molar-refractivity contribution in [3.05, 3.63) is 77.4 Å². The molecule has 164 valence electrons. The van der Waals surface area contributed by atoms with Crippen LogP contribution in [0.1, 0.15) is 42.4 Å². The van der Waals surface area contributed by atoms with Crippen molar-refractivity contribution in [1.29, 1.82) is 0 Å². The largest absolute Gasteiger partial charge is 0.453 e. The maximum Gasteiger partial charge on any atom is 0.307 e. The summed E-state index contributed by atoms with van der Waals surface area (Å²) in [6, 6.07) is 12.6. The Labute approximate surface area is 184 Å². The summed E-state index contributed by atoms with van der Waals surface area (Å²) in [4.78, 5) is 20.7. The lowest BCUT2D eigenvalue weighted by atomic mass is 10.1. The number of hydrogen-bond donors (Lipinski definition) is 0. The van der Waals surface area contributed by atoms with Gasteiger partial charge in [0.15, 0.2) is 17.8 Å². The molecule has 4 rings (SSSR count). The number of halogens is 1. The lowest BCUT2D eigenvalue weighted by Gasteiger charge is -2.08. The van der Waals surface area contributed by atoms with Crippen LogP contribution in [0.2, 0.25) is 0 Å². The van der Waals surface area contributed by atoms with Gasteiger partial charge in [0.05, 0.1) is 12.6 Å². The molecule has 0 fully saturated rings. The van der Waals surface area contributed by atoms with Crippen LogP contribution < -0.4 is 0 Å². The molecule has 0 saturated heterocycles. The van der Waals surface area contributed by atoms with Crippen LogP contribution in [0.25, 0.3) is 22.7 Å². The Kier molecular flexibility index (Phi) is 6.11. The van der Waals surface area contributed by atoms with Crippen molar-refractivity contribution in [1.82, 2.24) is 15.1 Å². The smallest absolute Gasteiger partial charge is 0.307 e. The van der Waals surface area contributed by atoms with E-state index < -0.39 is 12.1 Å². The molecule has 2 heterocycles. The molecule has 0 aliphatic carbocycles. The van der Waals surface area contributed by atoms with Gasteiger partial charge in [-0.3, -0.25) is 4.79 Å². The normalized spacial score (nSPS) is 12.0. The summed E-state index contributed by atoms with van der Waals surface area (Å²) in [5.74, 6) is 0.649. The molecule has 2 aromatic heterocycles. The minimum Gasteiger partial charge on any atom is -0.453 e. The lowest BCUT2D eigenvalue weighted by Crippen LogP contribution is -2.10. The van der Waals surface area contributed by atoms with E-state index in [-0.39, 0.29) is 24.0 Å². The van der Waals surface area contributed by atoms with Crippen molar-refractivity contribution in [2.24, 2.45) is 0 Å². The van der Waals surface area contributed by atoms with Gasteiger partial charge in [0.2, 0.25) is 5.82 Å². The summed E-state index contributed by atoms with van der Waals surface area (Å²) >= 11 is 0. The van der Waals surface area contributed by atoms with Crippen LogP contribution in [0.3, 0.4) is 0 Å². The van der Waals surface area contributed by atoms with Gasteiger partial charge in [-0.1, -0.05) is 47.1 Å². The Morgan fingerprint density at radius 2 is 1.88 bits per heavy atom. The van der Waals surface area contributed by atoms with Gasteiger partial charge < -0.3 is 13.7 Å². The molecule has 8 heteroatoms. The number of nitrogens with zero attached hydrogens (tertiary/aromatic N) is 3. The van der Waals surface area contributed by atoms with Crippen LogP contribution in [0, 0.1) is 19.7 Å². The molecule has 1 atom stereocenters. The first kappa shape index (κ1) is 21.4. The van der Waals surface area contributed by atoms with Gasteiger partial charge in [-0.2, -0.15) is 4.98 Å². The fourth-order valence-corrected chi connectivity index (χ4v) is 3.04. The van der Waals surface area contributed by atoms with Crippen molar-refractivity contribution < 1.29 is 22.9 Å². The first-order valence-corrected chi connectivity index (χ1v) is 10.2. The van der Waals surface area contributed by atoms with E-state index in [0.29, 0.717) is 29.2 Å². The molecule has 2 aromatic carbocycles. The Bertz CT molecular complexity index is 1230. The molecule has 0 spiro atoms. The highest BCUT2D eigenvalue weighted by Crippen LogP contribution is 2.24. The summed E-state index contributed by atoms with van der Waals surface area (Å²) in [5, 5.41) is 3.85. The van der Waals surface area contributed by atoms with Crippen molar-refractivity contribution in [2.75, 3.05) is 0 Å². The van der Waals surface area contributed by atoms with E-state index in [1.165, 1.54) is 6.07 Å². The van der Waals surface area contributed by atoms with E-state index in [9.17, 15) is 9.18 Å². The van der Waals surface area contributed by atoms with E-state index in [1.807, 2.05) is 31.2 Å². The van der Waals surface area contributed by atoms with Gasteiger partial charge in [0.1, 0.15) is 5.82 Å². The minimum atomic E-state index is -0.744. The topological polar surface area (TPSA) is 91.2 Å². The van der Waals surface area contributed by atoms with Gasteiger partial charge in [0, 0.05) is 17.5 Å². The molecule has 1 unspecified atom stereocenters. The van der Waals surface area contributed by atoms with Crippen molar-refractivity contribution >= 4 is 5.97 Å². The number of aromatic nitrogens is 3. The second kappa shape index (κ2) is 9.13. The summed E-state index contributed by atoms with van der Waals surface area (Å²) < 4.78 is 30.1. The molecule has 32 heavy (non-hydrogen) atoms. The third kappa shape index (κ3) is 4.91. The molecule has 4 aromatic rings.